The third-order valence-corrected chi connectivity index (χ3v) is 2.80. The lowest BCUT2D eigenvalue weighted by Crippen LogP contribution is -1.95. The summed E-state index contributed by atoms with van der Waals surface area (Å²) >= 11 is 0. The van der Waals surface area contributed by atoms with Crippen molar-refractivity contribution in [3.8, 4) is 0 Å². The highest BCUT2D eigenvalue weighted by atomic mass is 16.1. The van der Waals surface area contributed by atoms with Gasteiger partial charge in [-0.05, 0) is 24.7 Å². The van der Waals surface area contributed by atoms with Crippen LogP contribution in [0.5, 0.6) is 0 Å². The van der Waals surface area contributed by atoms with Crippen LogP contribution in [0.4, 0.5) is 0 Å². The van der Waals surface area contributed by atoms with Gasteiger partial charge < -0.3 is 0 Å². The van der Waals surface area contributed by atoms with Crippen LogP contribution in [-0.4, -0.2) is 5.78 Å². The Morgan fingerprint density at radius 1 is 1.11 bits per heavy atom. The van der Waals surface area contributed by atoms with Crippen molar-refractivity contribution in [1.29, 1.82) is 0 Å². The van der Waals surface area contributed by atoms with Crippen LogP contribution >= 0.6 is 0 Å². The SMILES string of the molecule is O=C1CC2CCCC2C1. The summed E-state index contributed by atoms with van der Waals surface area (Å²) in [5.74, 6) is 2.12. The van der Waals surface area contributed by atoms with E-state index in [0.717, 1.165) is 24.7 Å². The summed E-state index contributed by atoms with van der Waals surface area (Å²) in [7, 11) is 0. The predicted molar refractivity (Wildman–Crippen MR) is 35.1 cm³/mol. The van der Waals surface area contributed by atoms with Gasteiger partial charge in [-0.3, -0.25) is 4.79 Å². The molecule has 2 saturated carbocycles. The first-order valence-electron chi connectivity index (χ1n) is 3.88. The minimum absolute atomic E-state index is 0.518. The van der Waals surface area contributed by atoms with E-state index in [1.54, 1.807) is 0 Å². The van der Waals surface area contributed by atoms with Crippen molar-refractivity contribution in [2.75, 3.05) is 0 Å². The Bertz CT molecular complexity index is 126. The van der Waals surface area contributed by atoms with Crippen LogP contribution in [0.2, 0.25) is 0 Å². The molecule has 2 aliphatic rings. The van der Waals surface area contributed by atoms with Crippen LogP contribution in [0.1, 0.15) is 32.1 Å². The Morgan fingerprint density at radius 2 is 1.67 bits per heavy atom. The van der Waals surface area contributed by atoms with Gasteiger partial charge in [0.25, 0.3) is 0 Å². The normalized spacial score (nSPS) is 41.6. The van der Waals surface area contributed by atoms with Gasteiger partial charge in [0.05, 0.1) is 0 Å². The second kappa shape index (κ2) is 1.83. The molecule has 0 saturated heterocycles. The Kier molecular flexibility index (Phi) is 1.11. The maximum atomic E-state index is 10.9. The molecule has 0 N–H and O–H groups in total. The molecule has 2 aliphatic carbocycles. The van der Waals surface area contributed by atoms with E-state index in [9.17, 15) is 4.79 Å². The Labute approximate surface area is 55.4 Å². The zero-order valence-electron chi connectivity index (χ0n) is 5.60. The minimum atomic E-state index is 0.518. The van der Waals surface area contributed by atoms with Crippen molar-refractivity contribution < 1.29 is 4.79 Å². The fourth-order valence-corrected chi connectivity index (χ4v) is 2.32. The molecule has 50 valence electrons. The largest absolute Gasteiger partial charge is 0.300 e. The van der Waals surface area contributed by atoms with Crippen LogP contribution in [0, 0.1) is 11.8 Å². The van der Waals surface area contributed by atoms with Crippen molar-refractivity contribution in [3.63, 3.8) is 0 Å². The lowest BCUT2D eigenvalue weighted by atomic mass is 10.0. The van der Waals surface area contributed by atoms with Crippen LogP contribution in [0.3, 0.4) is 0 Å². The molecule has 0 radical (unpaired) electrons. The molecule has 0 aromatic rings. The average molecular weight is 124 g/mol. The second-order valence-corrected chi connectivity index (χ2v) is 3.40. The molecule has 0 bridgehead atoms. The van der Waals surface area contributed by atoms with Gasteiger partial charge in [0.2, 0.25) is 0 Å². The van der Waals surface area contributed by atoms with E-state index in [1.807, 2.05) is 0 Å². The molecular formula is C8H12O. The third-order valence-electron chi connectivity index (χ3n) is 2.80. The van der Waals surface area contributed by atoms with Crippen LogP contribution in [-0.2, 0) is 4.79 Å². The maximum Gasteiger partial charge on any atom is 0.133 e. The number of carbonyl (C=O) groups excluding carboxylic acids is 1. The van der Waals surface area contributed by atoms with Crippen molar-refractivity contribution in [1.82, 2.24) is 0 Å². The minimum Gasteiger partial charge on any atom is -0.300 e. The lowest BCUT2D eigenvalue weighted by molar-refractivity contribution is -0.117. The van der Waals surface area contributed by atoms with Gasteiger partial charge in [-0.15, -0.1) is 0 Å². The lowest BCUT2D eigenvalue weighted by Gasteiger charge is -2.03. The van der Waals surface area contributed by atoms with E-state index >= 15 is 0 Å². The molecule has 2 atom stereocenters. The zero-order chi connectivity index (χ0) is 6.27. The molecule has 0 aromatic heterocycles. The van der Waals surface area contributed by atoms with Gasteiger partial charge in [0, 0.05) is 12.8 Å². The first kappa shape index (κ1) is 5.45. The van der Waals surface area contributed by atoms with Gasteiger partial charge in [-0.2, -0.15) is 0 Å². The maximum absolute atomic E-state index is 10.9. The zero-order valence-corrected chi connectivity index (χ0v) is 5.60. The van der Waals surface area contributed by atoms with E-state index in [0.29, 0.717) is 5.78 Å². The monoisotopic (exact) mass is 124 g/mol. The summed E-state index contributed by atoms with van der Waals surface area (Å²) in [5, 5.41) is 0. The molecule has 0 spiro atoms. The van der Waals surface area contributed by atoms with Gasteiger partial charge in [0.15, 0.2) is 0 Å². The predicted octanol–water partition coefficient (Wildman–Crippen LogP) is 1.77. The highest BCUT2D eigenvalue weighted by molar-refractivity contribution is 5.81. The van der Waals surface area contributed by atoms with Gasteiger partial charge in [-0.1, -0.05) is 6.42 Å². The molecule has 2 rings (SSSR count). The van der Waals surface area contributed by atoms with E-state index in [2.05, 4.69) is 0 Å². The fraction of sp³-hybridized carbons (Fsp3) is 0.875. The Morgan fingerprint density at radius 3 is 2.22 bits per heavy atom. The molecule has 0 heterocycles. The first-order valence-corrected chi connectivity index (χ1v) is 3.88. The van der Waals surface area contributed by atoms with E-state index in [1.165, 1.54) is 19.3 Å². The summed E-state index contributed by atoms with van der Waals surface area (Å²) in [6, 6.07) is 0. The molecule has 2 fully saturated rings. The number of hydrogen-bond donors (Lipinski definition) is 0. The molecule has 0 amide bonds. The number of hydrogen-bond acceptors (Lipinski definition) is 1. The van der Waals surface area contributed by atoms with Gasteiger partial charge in [-0.25, -0.2) is 0 Å². The smallest absolute Gasteiger partial charge is 0.133 e. The molecule has 0 aromatic carbocycles. The van der Waals surface area contributed by atoms with Crippen LogP contribution in [0.15, 0.2) is 0 Å². The molecule has 0 aliphatic heterocycles. The van der Waals surface area contributed by atoms with Crippen LogP contribution < -0.4 is 0 Å². The highest BCUT2D eigenvalue weighted by Crippen LogP contribution is 2.41. The van der Waals surface area contributed by atoms with E-state index in [-0.39, 0.29) is 0 Å². The van der Waals surface area contributed by atoms with Crippen molar-refractivity contribution in [3.05, 3.63) is 0 Å². The molecule has 1 nitrogen and oxygen atoms in total. The van der Waals surface area contributed by atoms with E-state index in [4.69, 9.17) is 0 Å². The van der Waals surface area contributed by atoms with Gasteiger partial charge >= 0.3 is 0 Å². The Hall–Kier alpha value is -0.330. The second-order valence-electron chi connectivity index (χ2n) is 3.40. The topological polar surface area (TPSA) is 17.1 Å². The van der Waals surface area contributed by atoms with Crippen molar-refractivity contribution in [2.24, 2.45) is 11.8 Å². The quantitative estimate of drug-likeness (QED) is 0.481. The number of rotatable bonds is 0. The summed E-state index contributed by atoms with van der Waals surface area (Å²) in [6.07, 6.45) is 5.85. The summed E-state index contributed by atoms with van der Waals surface area (Å²) in [4.78, 5) is 10.9. The molecular weight excluding hydrogens is 112 g/mol. The number of fused-ring (bicyclic) bond motifs is 1. The van der Waals surface area contributed by atoms with E-state index < -0.39 is 0 Å². The average Bonchev–Trinajstić information content (AvgIpc) is 2.22. The number of ketones is 1. The molecule has 1 heteroatoms. The molecule has 2 unspecified atom stereocenters. The van der Waals surface area contributed by atoms with Crippen molar-refractivity contribution in [2.45, 2.75) is 32.1 Å². The van der Waals surface area contributed by atoms with Crippen molar-refractivity contribution >= 4 is 5.78 Å². The summed E-state index contributed by atoms with van der Waals surface area (Å²) in [6.45, 7) is 0. The number of carbonyl (C=O) groups is 1. The number of Topliss-reactive ketones (excluding diaryl/α,β-unsaturated/α-hetero) is 1. The summed E-state index contributed by atoms with van der Waals surface area (Å²) < 4.78 is 0. The van der Waals surface area contributed by atoms with Crippen LogP contribution in [0.25, 0.3) is 0 Å². The highest BCUT2D eigenvalue weighted by Gasteiger charge is 2.35. The van der Waals surface area contributed by atoms with Gasteiger partial charge in [0.1, 0.15) is 5.78 Å². The third kappa shape index (κ3) is 0.790. The Balaban J connectivity index is 2.09. The standard InChI is InChI=1S/C8H12O/c9-8-4-6-2-1-3-7(6)5-8/h6-7H,1-5H2. The summed E-state index contributed by atoms with van der Waals surface area (Å²) in [5.41, 5.74) is 0. The molecule has 9 heavy (non-hydrogen) atoms. The fourth-order valence-electron chi connectivity index (χ4n) is 2.32. The first-order chi connectivity index (χ1) is 4.36.